The Kier molecular flexibility index (Phi) is 4.65. The van der Waals surface area contributed by atoms with Crippen LogP contribution in [0.15, 0.2) is 12.3 Å². The van der Waals surface area contributed by atoms with Gasteiger partial charge in [-0.3, -0.25) is 4.79 Å². The third-order valence-corrected chi connectivity index (χ3v) is 2.16. The largest absolute Gasteiger partial charge is 0.481 e. The Labute approximate surface area is 97.2 Å². The van der Waals surface area contributed by atoms with Crippen LogP contribution in [0.2, 0.25) is 10.0 Å². The molecule has 0 saturated heterocycles. The number of aromatic nitrogens is 1. The third kappa shape index (κ3) is 4.36. The molecule has 1 heterocycles. The molecule has 6 heteroatoms. The number of aliphatic carboxylic acids is 1. The van der Waals surface area contributed by atoms with Crippen molar-refractivity contribution in [2.75, 3.05) is 11.9 Å². The molecule has 0 radical (unpaired) electrons. The van der Waals surface area contributed by atoms with Gasteiger partial charge in [-0.15, -0.1) is 0 Å². The van der Waals surface area contributed by atoms with Crippen LogP contribution in [0.5, 0.6) is 0 Å². The van der Waals surface area contributed by atoms with Gasteiger partial charge in [-0.2, -0.15) is 0 Å². The van der Waals surface area contributed by atoms with Gasteiger partial charge in [-0.05, 0) is 12.5 Å². The lowest BCUT2D eigenvalue weighted by atomic mass is 10.3. The number of hydrogen-bond donors (Lipinski definition) is 2. The second-order valence-corrected chi connectivity index (χ2v) is 3.75. The first-order chi connectivity index (χ1) is 7.09. The zero-order valence-corrected chi connectivity index (χ0v) is 9.35. The highest BCUT2D eigenvalue weighted by Gasteiger charge is 2.02. The van der Waals surface area contributed by atoms with Crippen molar-refractivity contribution >= 4 is 35.0 Å². The molecule has 0 unspecified atom stereocenters. The summed E-state index contributed by atoms with van der Waals surface area (Å²) in [6.07, 6.45) is 2.13. The molecule has 0 amide bonds. The molecule has 0 saturated carbocycles. The number of rotatable bonds is 5. The average Bonchev–Trinajstić information content (AvgIpc) is 2.14. The van der Waals surface area contributed by atoms with E-state index in [4.69, 9.17) is 28.3 Å². The fourth-order valence-corrected chi connectivity index (χ4v) is 1.44. The molecule has 0 atom stereocenters. The van der Waals surface area contributed by atoms with Crippen LogP contribution in [0.1, 0.15) is 12.8 Å². The molecule has 0 spiro atoms. The summed E-state index contributed by atoms with van der Waals surface area (Å²) in [5.74, 6) is -0.293. The third-order valence-electron chi connectivity index (χ3n) is 1.67. The maximum Gasteiger partial charge on any atom is 0.303 e. The van der Waals surface area contributed by atoms with Crippen molar-refractivity contribution in [3.8, 4) is 0 Å². The Bertz CT molecular complexity index is 358. The van der Waals surface area contributed by atoms with Gasteiger partial charge in [0.15, 0.2) is 0 Å². The van der Waals surface area contributed by atoms with Crippen LogP contribution in [-0.2, 0) is 4.79 Å². The molecule has 0 aliphatic rings. The molecular formula is C9H10Cl2N2O2. The zero-order valence-electron chi connectivity index (χ0n) is 7.83. The van der Waals surface area contributed by atoms with Gasteiger partial charge in [0.25, 0.3) is 0 Å². The standard InChI is InChI=1S/C9H10Cl2N2O2/c10-6-4-7(11)9(13-5-6)12-3-1-2-8(14)15/h4-5H,1-3H2,(H,12,13)(H,14,15). The number of anilines is 1. The van der Waals surface area contributed by atoms with Crippen LogP contribution in [0.4, 0.5) is 5.82 Å². The van der Waals surface area contributed by atoms with E-state index in [9.17, 15) is 4.79 Å². The molecule has 82 valence electrons. The molecule has 1 aromatic rings. The summed E-state index contributed by atoms with van der Waals surface area (Å²) in [7, 11) is 0. The maximum absolute atomic E-state index is 10.2. The highest BCUT2D eigenvalue weighted by molar-refractivity contribution is 6.35. The van der Waals surface area contributed by atoms with Gasteiger partial charge < -0.3 is 10.4 Å². The number of hydrogen-bond acceptors (Lipinski definition) is 3. The van der Waals surface area contributed by atoms with E-state index in [0.29, 0.717) is 28.8 Å². The number of halogens is 2. The second kappa shape index (κ2) is 5.78. The first-order valence-corrected chi connectivity index (χ1v) is 5.12. The van der Waals surface area contributed by atoms with Crippen molar-refractivity contribution in [2.24, 2.45) is 0 Å². The second-order valence-electron chi connectivity index (χ2n) is 2.91. The van der Waals surface area contributed by atoms with E-state index < -0.39 is 5.97 Å². The van der Waals surface area contributed by atoms with Crippen LogP contribution in [0.3, 0.4) is 0 Å². The van der Waals surface area contributed by atoms with Crippen LogP contribution in [0, 0.1) is 0 Å². The van der Waals surface area contributed by atoms with Gasteiger partial charge in [0.2, 0.25) is 0 Å². The summed E-state index contributed by atoms with van der Waals surface area (Å²) in [5, 5.41) is 12.2. The number of nitrogens with zero attached hydrogens (tertiary/aromatic N) is 1. The Morgan fingerprint density at radius 1 is 1.53 bits per heavy atom. The van der Waals surface area contributed by atoms with Gasteiger partial charge >= 0.3 is 5.97 Å². The Morgan fingerprint density at radius 2 is 2.27 bits per heavy atom. The molecule has 2 N–H and O–H groups in total. The minimum absolute atomic E-state index is 0.123. The lowest BCUT2D eigenvalue weighted by Crippen LogP contribution is -2.06. The maximum atomic E-state index is 10.2. The summed E-state index contributed by atoms with van der Waals surface area (Å²) in [5.41, 5.74) is 0. The van der Waals surface area contributed by atoms with E-state index in [1.807, 2.05) is 0 Å². The highest BCUT2D eigenvalue weighted by atomic mass is 35.5. The number of pyridine rings is 1. The summed E-state index contributed by atoms with van der Waals surface area (Å²) < 4.78 is 0. The quantitative estimate of drug-likeness (QED) is 0.787. The number of carboxylic acids is 1. The molecule has 0 aliphatic heterocycles. The summed E-state index contributed by atoms with van der Waals surface area (Å²) in [6.45, 7) is 0.515. The van der Waals surface area contributed by atoms with Crippen LogP contribution in [-0.4, -0.2) is 22.6 Å². The van der Waals surface area contributed by atoms with Gasteiger partial charge in [0.05, 0.1) is 10.0 Å². The minimum atomic E-state index is -0.813. The van der Waals surface area contributed by atoms with Crippen LogP contribution in [0.25, 0.3) is 0 Å². The van der Waals surface area contributed by atoms with Crippen molar-refractivity contribution in [3.63, 3.8) is 0 Å². The monoisotopic (exact) mass is 248 g/mol. The minimum Gasteiger partial charge on any atom is -0.481 e. The van der Waals surface area contributed by atoms with Gasteiger partial charge in [-0.25, -0.2) is 4.98 Å². The molecule has 15 heavy (non-hydrogen) atoms. The average molecular weight is 249 g/mol. The zero-order chi connectivity index (χ0) is 11.3. The molecule has 0 aromatic carbocycles. The SMILES string of the molecule is O=C(O)CCCNc1ncc(Cl)cc1Cl. The molecule has 1 rings (SSSR count). The summed E-state index contributed by atoms with van der Waals surface area (Å²) in [6, 6.07) is 1.58. The predicted molar refractivity (Wildman–Crippen MR) is 59.6 cm³/mol. The van der Waals surface area contributed by atoms with Crippen LogP contribution < -0.4 is 5.32 Å². The molecule has 0 aliphatic carbocycles. The van der Waals surface area contributed by atoms with Crippen LogP contribution >= 0.6 is 23.2 Å². The van der Waals surface area contributed by atoms with E-state index in [0.717, 1.165) is 0 Å². The van der Waals surface area contributed by atoms with Crippen molar-refractivity contribution in [2.45, 2.75) is 12.8 Å². The van der Waals surface area contributed by atoms with Gasteiger partial charge in [0.1, 0.15) is 5.82 Å². The molecule has 4 nitrogen and oxygen atoms in total. The fourth-order valence-electron chi connectivity index (χ4n) is 0.991. The van der Waals surface area contributed by atoms with E-state index in [-0.39, 0.29) is 6.42 Å². The Balaban J connectivity index is 2.40. The predicted octanol–water partition coefficient (Wildman–Crippen LogP) is 2.67. The number of carboxylic acid groups (broad SMARTS) is 1. The molecule has 0 bridgehead atoms. The van der Waals surface area contributed by atoms with Crippen molar-refractivity contribution in [3.05, 3.63) is 22.3 Å². The van der Waals surface area contributed by atoms with Crippen molar-refractivity contribution in [1.82, 2.24) is 4.98 Å². The Morgan fingerprint density at radius 3 is 2.87 bits per heavy atom. The molecule has 0 fully saturated rings. The lowest BCUT2D eigenvalue weighted by molar-refractivity contribution is -0.137. The van der Waals surface area contributed by atoms with E-state index in [1.165, 1.54) is 6.20 Å². The summed E-state index contributed by atoms with van der Waals surface area (Å²) in [4.78, 5) is 14.2. The lowest BCUT2D eigenvalue weighted by Gasteiger charge is -2.06. The highest BCUT2D eigenvalue weighted by Crippen LogP contribution is 2.22. The molecule has 1 aromatic heterocycles. The van der Waals surface area contributed by atoms with E-state index in [1.54, 1.807) is 6.07 Å². The summed E-state index contributed by atoms with van der Waals surface area (Å²) >= 11 is 11.5. The van der Waals surface area contributed by atoms with E-state index in [2.05, 4.69) is 10.3 Å². The van der Waals surface area contributed by atoms with Gasteiger partial charge in [-0.1, -0.05) is 23.2 Å². The fraction of sp³-hybridized carbons (Fsp3) is 0.333. The van der Waals surface area contributed by atoms with E-state index >= 15 is 0 Å². The number of carbonyl (C=O) groups is 1. The van der Waals surface area contributed by atoms with Gasteiger partial charge in [0, 0.05) is 19.2 Å². The normalized spacial score (nSPS) is 10.0. The molecular weight excluding hydrogens is 239 g/mol. The smallest absolute Gasteiger partial charge is 0.303 e. The first kappa shape index (κ1) is 12.1. The topological polar surface area (TPSA) is 62.2 Å². The first-order valence-electron chi connectivity index (χ1n) is 4.36. The number of nitrogens with one attached hydrogen (secondary N) is 1. The Hall–Kier alpha value is -1.000. The van der Waals surface area contributed by atoms with Crippen molar-refractivity contribution < 1.29 is 9.90 Å². The van der Waals surface area contributed by atoms with Crippen molar-refractivity contribution in [1.29, 1.82) is 0 Å².